The number of rotatable bonds is 7. The topological polar surface area (TPSA) is 53.2 Å². The number of hydrogen-bond acceptors (Lipinski definition) is 2. The minimum absolute atomic E-state index is 0.166. The largest absolute Gasteiger partial charge is 0.350 e. The standard InChI is InChI=1S/C26H24N2O2/c1-19-23-14-8-9-15-24(23)27-25(19)26(30)28(17-21-12-6-3-7-13-21)22(18-29)16-20-10-4-2-5-11-20/h2-15,18,22,27H,16-17H2,1H3/t22-/m0/s1. The van der Waals surface area contributed by atoms with Crippen molar-refractivity contribution in [2.45, 2.75) is 25.9 Å². The van der Waals surface area contributed by atoms with Gasteiger partial charge in [-0.25, -0.2) is 0 Å². The van der Waals surface area contributed by atoms with Crippen LogP contribution in [0.4, 0.5) is 0 Å². The summed E-state index contributed by atoms with van der Waals surface area (Å²) in [5, 5.41) is 1.02. The number of aryl methyl sites for hydroxylation is 1. The lowest BCUT2D eigenvalue weighted by atomic mass is 10.0. The zero-order valence-corrected chi connectivity index (χ0v) is 16.9. The fraction of sp³-hybridized carbons (Fsp3) is 0.154. The molecular weight excluding hydrogens is 372 g/mol. The number of nitrogens with zero attached hydrogens (tertiary/aromatic N) is 1. The molecule has 0 aliphatic heterocycles. The first-order valence-corrected chi connectivity index (χ1v) is 10.1. The summed E-state index contributed by atoms with van der Waals surface area (Å²) >= 11 is 0. The summed E-state index contributed by atoms with van der Waals surface area (Å²) in [4.78, 5) is 30.7. The molecule has 0 saturated carbocycles. The van der Waals surface area contributed by atoms with E-state index >= 15 is 0 Å². The minimum Gasteiger partial charge on any atom is -0.350 e. The first kappa shape index (κ1) is 19.6. The molecule has 1 heterocycles. The lowest BCUT2D eigenvalue weighted by Crippen LogP contribution is -2.42. The number of para-hydroxylation sites is 1. The Hall–Kier alpha value is -3.66. The Balaban J connectivity index is 1.72. The van der Waals surface area contributed by atoms with Gasteiger partial charge in [0.05, 0.1) is 6.04 Å². The molecule has 4 heteroatoms. The summed E-state index contributed by atoms with van der Waals surface area (Å²) in [5.74, 6) is -0.166. The average molecular weight is 396 g/mol. The third kappa shape index (κ3) is 4.03. The number of carbonyl (C=O) groups is 2. The molecule has 30 heavy (non-hydrogen) atoms. The van der Waals surface area contributed by atoms with Gasteiger partial charge in [-0.1, -0.05) is 78.9 Å². The Kier molecular flexibility index (Phi) is 5.75. The molecule has 4 aromatic rings. The van der Waals surface area contributed by atoms with Gasteiger partial charge < -0.3 is 14.7 Å². The van der Waals surface area contributed by atoms with E-state index in [1.165, 1.54) is 0 Å². The van der Waals surface area contributed by atoms with Crippen LogP contribution < -0.4 is 0 Å². The summed E-state index contributed by atoms with van der Waals surface area (Å²) in [6.45, 7) is 2.31. The van der Waals surface area contributed by atoms with Crippen molar-refractivity contribution in [3.63, 3.8) is 0 Å². The SMILES string of the molecule is Cc1c(C(=O)N(Cc2ccccc2)[C@H](C=O)Cc2ccccc2)[nH]c2ccccc12. The van der Waals surface area contributed by atoms with E-state index < -0.39 is 6.04 Å². The molecule has 0 saturated heterocycles. The Labute approximate surface area is 176 Å². The van der Waals surface area contributed by atoms with Crippen molar-refractivity contribution in [3.8, 4) is 0 Å². The van der Waals surface area contributed by atoms with Gasteiger partial charge in [-0.15, -0.1) is 0 Å². The molecule has 150 valence electrons. The molecule has 4 nitrogen and oxygen atoms in total. The van der Waals surface area contributed by atoms with Crippen LogP contribution in [0, 0.1) is 6.92 Å². The number of aldehydes is 1. The molecular formula is C26H24N2O2. The van der Waals surface area contributed by atoms with Crippen LogP contribution >= 0.6 is 0 Å². The summed E-state index contributed by atoms with van der Waals surface area (Å²) in [7, 11) is 0. The monoisotopic (exact) mass is 396 g/mol. The van der Waals surface area contributed by atoms with Gasteiger partial charge in [-0.2, -0.15) is 0 Å². The van der Waals surface area contributed by atoms with Crippen LogP contribution in [0.5, 0.6) is 0 Å². The first-order chi connectivity index (χ1) is 14.7. The van der Waals surface area contributed by atoms with Crippen molar-refractivity contribution in [2.24, 2.45) is 0 Å². The number of aromatic nitrogens is 1. The molecule has 4 rings (SSSR count). The average Bonchev–Trinajstić information content (AvgIpc) is 3.14. The summed E-state index contributed by atoms with van der Waals surface area (Å²) in [5.41, 5.74) is 4.36. The minimum atomic E-state index is -0.564. The van der Waals surface area contributed by atoms with Crippen molar-refractivity contribution in [1.82, 2.24) is 9.88 Å². The molecule has 0 radical (unpaired) electrons. The van der Waals surface area contributed by atoms with E-state index in [9.17, 15) is 9.59 Å². The highest BCUT2D eigenvalue weighted by Crippen LogP contribution is 2.24. The number of H-pyrrole nitrogens is 1. The Morgan fingerprint density at radius 1 is 0.900 bits per heavy atom. The van der Waals surface area contributed by atoms with Gasteiger partial charge in [0.15, 0.2) is 0 Å². The number of benzene rings is 3. The smallest absolute Gasteiger partial charge is 0.271 e. The van der Waals surface area contributed by atoms with Gasteiger partial charge in [-0.3, -0.25) is 4.79 Å². The van der Waals surface area contributed by atoms with Gasteiger partial charge in [0.1, 0.15) is 12.0 Å². The van der Waals surface area contributed by atoms with E-state index in [0.29, 0.717) is 18.7 Å². The predicted molar refractivity (Wildman–Crippen MR) is 119 cm³/mol. The molecule has 0 spiro atoms. The predicted octanol–water partition coefficient (Wildman–Crippen LogP) is 4.93. The maximum Gasteiger partial charge on any atom is 0.271 e. The summed E-state index contributed by atoms with van der Waals surface area (Å²) in [6.07, 6.45) is 1.36. The molecule has 0 aliphatic carbocycles. The first-order valence-electron chi connectivity index (χ1n) is 10.1. The second-order valence-corrected chi connectivity index (χ2v) is 7.48. The summed E-state index contributed by atoms with van der Waals surface area (Å²) < 4.78 is 0. The van der Waals surface area contributed by atoms with Crippen LogP contribution in [0.2, 0.25) is 0 Å². The normalized spacial score (nSPS) is 11.9. The Morgan fingerprint density at radius 2 is 1.50 bits per heavy atom. The molecule has 1 aromatic heterocycles. The van der Waals surface area contributed by atoms with Crippen LogP contribution in [-0.2, 0) is 17.8 Å². The highest BCUT2D eigenvalue weighted by atomic mass is 16.2. The van der Waals surface area contributed by atoms with Gasteiger partial charge in [0.2, 0.25) is 0 Å². The fourth-order valence-electron chi connectivity index (χ4n) is 3.85. The van der Waals surface area contributed by atoms with Crippen LogP contribution in [-0.4, -0.2) is 28.1 Å². The number of hydrogen-bond donors (Lipinski definition) is 1. The number of amides is 1. The second kappa shape index (κ2) is 8.78. The van der Waals surface area contributed by atoms with E-state index in [-0.39, 0.29) is 5.91 Å². The van der Waals surface area contributed by atoms with E-state index in [4.69, 9.17) is 0 Å². The third-order valence-corrected chi connectivity index (χ3v) is 5.48. The molecule has 0 fully saturated rings. The van der Waals surface area contributed by atoms with Crippen LogP contribution in [0.1, 0.15) is 27.2 Å². The third-order valence-electron chi connectivity index (χ3n) is 5.48. The maximum absolute atomic E-state index is 13.7. The molecule has 0 aliphatic rings. The van der Waals surface area contributed by atoms with E-state index in [2.05, 4.69) is 4.98 Å². The molecule has 1 amide bonds. The fourth-order valence-corrected chi connectivity index (χ4v) is 3.85. The highest BCUT2D eigenvalue weighted by molar-refractivity contribution is 6.01. The molecule has 0 bridgehead atoms. The maximum atomic E-state index is 13.7. The molecule has 3 aromatic carbocycles. The zero-order chi connectivity index (χ0) is 20.9. The lowest BCUT2D eigenvalue weighted by molar-refractivity contribution is -0.111. The molecule has 0 unspecified atom stereocenters. The van der Waals surface area contributed by atoms with Gasteiger partial charge >= 0.3 is 0 Å². The summed E-state index contributed by atoms with van der Waals surface area (Å²) in [6, 6.07) is 26.9. The van der Waals surface area contributed by atoms with Crippen molar-refractivity contribution in [3.05, 3.63) is 107 Å². The molecule has 1 atom stereocenters. The van der Waals surface area contributed by atoms with Crippen molar-refractivity contribution in [1.29, 1.82) is 0 Å². The van der Waals surface area contributed by atoms with Crippen LogP contribution in [0.15, 0.2) is 84.9 Å². The Bertz CT molecular complexity index is 1150. The number of carbonyl (C=O) groups excluding carboxylic acids is 2. The number of fused-ring (bicyclic) bond motifs is 1. The number of aromatic amines is 1. The number of nitrogens with one attached hydrogen (secondary N) is 1. The van der Waals surface area contributed by atoms with E-state index in [1.54, 1.807) is 4.90 Å². The van der Waals surface area contributed by atoms with Gasteiger partial charge in [0, 0.05) is 17.4 Å². The van der Waals surface area contributed by atoms with E-state index in [0.717, 1.165) is 33.9 Å². The van der Waals surface area contributed by atoms with Crippen molar-refractivity contribution < 1.29 is 9.59 Å². The van der Waals surface area contributed by atoms with Crippen molar-refractivity contribution >= 4 is 23.1 Å². The van der Waals surface area contributed by atoms with Crippen LogP contribution in [0.25, 0.3) is 10.9 Å². The van der Waals surface area contributed by atoms with Gasteiger partial charge in [-0.05, 0) is 36.1 Å². The van der Waals surface area contributed by atoms with Crippen molar-refractivity contribution in [2.75, 3.05) is 0 Å². The zero-order valence-electron chi connectivity index (χ0n) is 16.9. The molecule has 1 N–H and O–H groups in total. The highest BCUT2D eigenvalue weighted by Gasteiger charge is 2.27. The van der Waals surface area contributed by atoms with Gasteiger partial charge in [0.25, 0.3) is 5.91 Å². The van der Waals surface area contributed by atoms with Crippen LogP contribution in [0.3, 0.4) is 0 Å². The quantitative estimate of drug-likeness (QED) is 0.450. The van der Waals surface area contributed by atoms with E-state index in [1.807, 2.05) is 91.9 Å². The Morgan fingerprint density at radius 3 is 2.13 bits per heavy atom. The second-order valence-electron chi connectivity index (χ2n) is 7.48. The lowest BCUT2D eigenvalue weighted by Gasteiger charge is -2.28.